The quantitative estimate of drug-likeness (QED) is 0.801. The van der Waals surface area contributed by atoms with Gasteiger partial charge in [-0.25, -0.2) is 0 Å². The van der Waals surface area contributed by atoms with E-state index in [0.29, 0.717) is 17.6 Å². The average molecular weight is 268 g/mol. The maximum atomic E-state index is 5.79. The van der Waals surface area contributed by atoms with Crippen LogP contribution in [0.2, 0.25) is 0 Å². The molecule has 3 nitrogen and oxygen atoms in total. The van der Waals surface area contributed by atoms with Gasteiger partial charge in [0.25, 0.3) is 0 Å². The highest BCUT2D eigenvalue weighted by molar-refractivity contribution is 5.02. The minimum absolute atomic E-state index is 0.300. The van der Waals surface area contributed by atoms with Gasteiger partial charge in [-0.2, -0.15) is 0 Å². The lowest BCUT2D eigenvalue weighted by Gasteiger charge is -2.52. The van der Waals surface area contributed by atoms with Crippen LogP contribution in [0, 0.1) is 5.41 Å². The van der Waals surface area contributed by atoms with Crippen molar-refractivity contribution in [2.45, 2.75) is 71.1 Å². The van der Waals surface area contributed by atoms with Crippen molar-refractivity contribution in [2.24, 2.45) is 5.41 Å². The standard InChI is InChI=1S/C16H32N2O/c1-5-19-15-12-14(16(15,2)3)17-10-9-13-8-6-7-11-18(13)4/h13-15,17H,5-12H2,1-4H3. The molecule has 2 aliphatic rings. The van der Waals surface area contributed by atoms with Crippen molar-refractivity contribution in [3.05, 3.63) is 0 Å². The van der Waals surface area contributed by atoms with Crippen LogP contribution in [0.25, 0.3) is 0 Å². The maximum absolute atomic E-state index is 5.79. The predicted octanol–water partition coefficient (Wildman–Crippen LogP) is 2.65. The van der Waals surface area contributed by atoms with Crippen molar-refractivity contribution in [3.8, 4) is 0 Å². The summed E-state index contributed by atoms with van der Waals surface area (Å²) in [5, 5.41) is 3.76. The molecular formula is C16H32N2O. The predicted molar refractivity (Wildman–Crippen MR) is 80.5 cm³/mol. The Morgan fingerprint density at radius 3 is 2.74 bits per heavy atom. The Balaban J connectivity index is 1.66. The minimum Gasteiger partial charge on any atom is -0.378 e. The van der Waals surface area contributed by atoms with E-state index < -0.39 is 0 Å². The number of likely N-dealkylation sites (tertiary alicyclic amines) is 1. The number of nitrogens with zero attached hydrogens (tertiary/aromatic N) is 1. The summed E-state index contributed by atoms with van der Waals surface area (Å²) >= 11 is 0. The van der Waals surface area contributed by atoms with Crippen molar-refractivity contribution in [2.75, 3.05) is 26.7 Å². The Hall–Kier alpha value is -0.120. The van der Waals surface area contributed by atoms with Crippen LogP contribution in [0.5, 0.6) is 0 Å². The molecule has 0 amide bonds. The highest BCUT2D eigenvalue weighted by Crippen LogP contribution is 2.42. The van der Waals surface area contributed by atoms with Crippen LogP contribution in [0.15, 0.2) is 0 Å². The highest BCUT2D eigenvalue weighted by Gasteiger charge is 2.48. The van der Waals surface area contributed by atoms with Gasteiger partial charge in [0, 0.05) is 24.1 Å². The van der Waals surface area contributed by atoms with Crippen molar-refractivity contribution < 1.29 is 4.74 Å². The van der Waals surface area contributed by atoms with E-state index in [1.165, 1.54) is 38.6 Å². The number of hydrogen-bond acceptors (Lipinski definition) is 3. The summed E-state index contributed by atoms with van der Waals surface area (Å²) < 4.78 is 5.79. The molecule has 3 heteroatoms. The molecule has 1 heterocycles. The van der Waals surface area contributed by atoms with E-state index in [1.807, 2.05) is 0 Å². The van der Waals surface area contributed by atoms with Crippen LogP contribution in [-0.4, -0.2) is 49.8 Å². The summed E-state index contributed by atoms with van der Waals surface area (Å²) in [6.07, 6.45) is 7.10. The monoisotopic (exact) mass is 268 g/mol. The lowest BCUT2D eigenvalue weighted by Crippen LogP contribution is -2.61. The molecular weight excluding hydrogens is 236 g/mol. The van der Waals surface area contributed by atoms with E-state index in [4.69, 9.17) is 4.74 Å². The third-order valence-corrected chi connectivity index (χ3v) is 5.34. The zero-order valence-electron chi connectivity index (χ0n) is 13.2. The van der Waals surface area contributed by atoms with Gasteiger partial charge in [-0.3, -0.25) is 0 Å². The summed E-state index contributed by atoms with van der Waals surface area (Å²) in [4.78, 5) is 2.54. The number of rotatable bonds is 6. The van der Waals surface area contributed by atoms with Crippen LogP contribution in [0.1, 0.15) is 52.9 Å². The molecule has 112 valence electrons. The van der Waals surface area contributed by atoms with Gasteiger partial charge in [0.15, 0.2) is 0 Å². The van der Waals surface area contributed by atoms with Gasteiger partial charge < -0.3 is 15.0 Å². The molecule has 3 unspecified atom stereocenters. The van der Waals surface area contributed by atoms with Crippen LogP contribution in [0.4, 0.5) is 0 Å². The molecule has 2 fully saturated rings. The first-order valence-electron chi connectivity index (χ1n) is 8.11. The van der Waals surface area contributed by atoms with E-state index in [2.05, 4.69) is 38.0 Å². The summed E-state index contributed by atoms with van der Waals surface area (Å²) in [6, 6.07) is 1.44. The maximum Gasteiger partial charge on any atom is 0.0655 e. The van der Waals surface area contributed by atoms with E-state index >= 15 is 0 Å². The van der Waals surface area contributed by atoms with Crippen LogP contribution < -0.4 is 5.32 Å². The Bertz CT molecular complexity index is 280. The lowest BCUT2D eigenvalue weighted by molar-refractivity contribution is -0.114. The topological polar surface area (TPSA) is 24.5 Å². The van der Waals surface area contributed by atoms with Crippen molar-refractivity contribution in [3.63, 3.8) is 0 Å². The van der Waals surface area contributed by atoms with Crippen molar-refractivity contribution >= 4 is 0 Å². The number of ether oxygens (including phenoxy) is 1. The second-order valence-electron chi connectivity index (χ2n) is 6.93. The van der Waals surface area contributed by atoms with Gasteiger partial charge >= 0.3 is 0 Å². The van der Waals surface area contributed by atoms with Gasteiger partial charge in [0.05, 0.1) is 6.10 Å². The van der Waals surface area contributed by atoms with Gasteiger partial charge in [0.2, 0.25) is 0 Å². The Labute approximate surface area is 119 Å². The van der Waals surface area contributed by atoms with E-state index in [0.717, 1.165) is 19.2 Å². The lowest BCUT2D eigenvalue weighted by atomic mass is 9.64. The van der Waals surface area contributed by atoms with Crippen molar-refractivity contribution in [1.82, 2.24) is 10.2 Å². The average Bonchev–Trinajstić information content (AvgIpc) is 2.39. The molecule has 0 bridgehead atoms. The Morgan fingerprint density at radius 2 is 2.11 bits per heavy atom. The minimum atomic E-state index is 0.300. The zero-order valence-corrected chi connectivity index (χ0v) is 13.2. The smallest absolute Gasteiger partial charge is 0.0655 e. The largest absolute Gasteiger partial charge is 0.378 e. The molecule has 0 aromatic rings. The Kier molecular flexibility index (Phi) is 5.27. The fraction of sp³-hybridized carbons (Fsp3) is 1.00. The van der Waals surface area contributed by atoms with E-state index in [-0.39, 0.29) is 0 Å². The van der Waals surface area contributed by atoms with Crippen LogP contribution in [0.3, 0.4) is 0 Å². The molecule has 1 aliphatic heterocycles. The van der Waals surface area contributed by atoms with Gasteiger partial charge in [-0.05, 0) is 52.7 Å². The Morgan fingerprint density at radius 1 is 1.32 bits per heavy atom. The molecule has 0 radical (unpaired) electrons. The third-order valence-electron chi connectivity index (χ3n) is 5.34. The summed E-state index contributed by atoms with van der Waals surface area (Å²) in [5.41, 5.74) is 0.300. The van der Waals surface area contributed by atoms with Crippen LogP contribution >= 0.6 is 0 Å². The molecule has 0 aromatic carbocycles. The highest BCUT2D eigenvalue weighted by atomic mass is 16.5. The number of nitrogens with one attached hydrogen (secondary N) is 1. The first-order chi connectivity index (χ1) is 9.05. The fourth-order valence-corrected chi connectivity index (χ4v) is 3.65. The second kappa shape index (κ2) is 6.55. The molecule has 1 N–H and O–H groups in total. The molecule has 2 rings (SSSR count). The molecule has 1 saturated heterocycles. The van der Waals surface area contributed by atoms with Gasteiger partial charge in [-0.1, -0.05) is 20.3 Å². The van der Waals surface area contributed by atoms with Crippen molar-refractivity contribution in [1.29, 1.82) is 0 Å². The first-order valence-corrected chi connectivity index (χ1v) is 8.11. The fourth-order valence-electron chi connectivity index (χ4n) is 3.65. The molecule has 3 atom stereocenters. The molecule has 0 spiro atoms. The first kappa shape index (κ1) is 15.3. The second-order valence-corrected chi connectivity index (χ2v) is 6.93. The van der Waals surface area contributed by atoms with E-state index in [1.54, 1.807) is 0 Å². The normalized spacial score (nSPS) is 35.1. The molecule has 1 aliphatic carbocycles. The third kappa shape index (κ3) is 3.50. The summed E-state index contributed by atoms with van der Waals surface area (Å²) in [6.45, 7) is 10.0. The molecule has 19 heavy (non-hydrogen) atoms. The molecule has 1 saturated carbocycles. The number of hydrogen-bond donors (Lipinski definition) is 1. The zero-order chi connectivity index (χ0) is 13.9. The van der Waals surface area contributed by atoms with Crippen LogP contribution in [-0.2, 0) is 4.74 Å². The van der Waals surface area contributed by atoms with Gasteiger partial charge in [0.1, 0.15) is 0 Å². The molecule has 0 aromatic heterocycles. The van der Waals surface area contributed by atoms with Gasteiger partial charge in [-0.15, -0.1) is 0 Å². The van der Waals surface area contributed by atoms with E-state index in [9.17, 15) is 0 Å². The SMILES string of the molecule is CCOC1CC(NCCC2CCCCN2C)C1(C)C. The summed E-state index contributed by atoms with van der Waals surface area (Å²) in [5.74, 6) is 0. The summed E-state index contributed by atoms with van der Waals surface area (Å²) in [7, 11) is 2.28. The number of piperidine rings is 1.